The van der Waals surface area contributed by atoms with E-state index in [1.807, 2.05) is 24.5 Å². The topological polar surface area (TPSA) is 153 Å². The summed E-state index contributed by atoms with van der Waals surface area (Å²) in [6, 6.07) is 8.79. The summed E-state index contributed by atoms with van der Waals surface area (Å²) in [5, 5.41) is 6.48. The number of amides is 1. The molecule has 0 unspecified atom stereocenters. The van der Waals surface area contributed by atoms with Crippen LogP contribution in [0.15, 0.2) is 48.9 Å². The SMILES string of the molecule is CCOC(OCC)c1cc2cnc(Nc3ccc(C(=O)NC)cc3)nc2n1Cc1nccnc1N(C)S(C)(=O)=O. The predicted octanol–water partition coefficient (Wildman–Crippen LogP) is 2.84. The Kier molecular flexibility index (Phi) is 8.92. The average Bonchev–Trinajstić information content (AvgIpc) is 3.29. The molecule has 13 nitrogen and oxygen atoms in total. The van der Waals surface area contributed by atoms with E-state index in [1.165, 1.54) is 19.4 Å². The predicted molar refractivity (Wildman–Crippen MR) is 151 cm³/mol. The zero-order valence-corrected chi connectivity index (χ0v) is 23.8. The maximum absolute atomic E-state index is 12.3. The molecule has 2 N–H and O–H groups in total. The average molecular weight is 569 g/mol. The number of nitrogens with zero attached hydrogens (tertiary/aromatic N) is 6. The molecule has 1 aromatic carbocycles. The summed E-state index contributed by atoms with van der Waals surface area (Å²) in [7, 11) is -0.577. The van der Waals surface area contributed by atoms with Gasteiger partial charge in [-0.2, -0.15) is 4.98 Å². The lowest BCUT2D eigenvalue weighted by molar-refractivity contribution is -0.144. The van der Waals surface area contributed by atoms with Crippen LogP contribution in [-0.4, -0.2) is 72.4 Å². The van der Waals surface area contributed by atoms with E-state index < -0.39 is 16.3 Å². The first-order valence-electron chi connectivity index (χ1n) is 12.6. The minimum Gasteiger partial charge on any atom is -0.355 e. The van der Waals surface area contributed by atoms with Gasteiger partial charge in [-0.3, -0.25) is 14.1 Å². The van der Waals surface area contributed by atoms with E-state index in [4.69, 9.17) is 14.5 Å². The van der Waals surface area contributed by atoms with Crippen molar-refractivity contribution < 1.29 is 22.7 Å². The Hall–Kier alpha value is -4.14. The highest BCUT2D eigenvalue weighted by Gasteiger charge is 2.24. The number of nitrogens with one attached hydrogen (secondary N) is 2. The van der Waals surface area contributed by atoms with Crippen molar-refractivity contribution in [3.63, 3.8) is 0 Å². The van der Waals surface area contributed by atoms with Gasteiger partial charge in [-0.15, -0.1) is 0 Å². The van der Waals surface area contributed by atoms with Crippen molar-refractivity contribution in [3.8, 4) is 0 Å². The number of carbonyl (C=O) groups excluding carboxylic acids is 1. The molecular formula is C26H32N8O5S. The minimum atomic E-state index is -3.58. The molecule has 14 heteroatoms. The van der Waals surface area contributed by atoms with Crippen molar-refractivity contribution in [2.45, 2.75) is 26.7 Å². The maximum atomic E-state index is 12.3. The molecule has 40 heavy (non-hydrogen) atoms. The van der Waals surface area contributed by atoms with E-state index >= 15 is 0 Å². The van der Waals surface area contributed by atoms with Crippen LogP contribution in [0.25, 0.3) is 11.0 Å². The molecule has 0 aliphatic heterocycles. The van der Waals surface area contributed by atoms with Gasteiger partial charge in [-0.25, -0.2) is 18.4 Å². The van der Waals surface area contributed by atoms with Crippen LogP contribution < -0.4 is 14.9 Å². The minimum absolute atomic E-state index is 0.135. The molecule has 3 aromatic heterocycles. The monoisotopic (exact) mass is 568 g/mol. The zero-order valence-electron chi connectivity index (χ0n) is 23.0. The molecule has 212 valence electrons. The Bertz CT molecular complexity index is 1580. The fourth-order valence-electron chi connectivity index (χ4n) is 4.02. The Morgan fingerprint density at radius 3 is 2.38 bits per heavy atom. The Morgan fingerprint density at radius 2 is 1.75 bits per heavy atom. The second kappa shape index (κ2) is 12.4. The van der Waals surface area contributed by atoms with Crippen molar-refractivity contribution in [2.24, 2.45) is 0 Å². The van der Waals surface area contributed by atoms with Gasteiger partial charge in [-0.05, 0) is 44.2 Å². The van der Waals surface area contributed by atoms with Gasteiger partial charge in [0.05, 0.1) is 18.5 Å². The maximum Gasteiger partial charge on any atom is 0.251 e. The first-order valence-corrected chi connectivity index (χ1v) is 14.4. The Labute approximate surface area is 232 Å². The molecule has 0 spiro atoms. The van der Waals surface area contributed by atoms with Gasteiger partial charge in [0, 0.05) is 62.5 Å². The molecule has 1 amide bonds. The molecule has 4 aromatic rings. The van der Waals surface area contributed by atoms with Crippen LogP contribution in [0.1, 0.15) is 41.9 Å². The summed E-state index contributed by atoms with van der Waals surface area (Å²) in [5.74, 6) is 0.339. The lowest BCUT2D eigenvalue weighted by Gasteiger charge is -2.21. The number of sulfonamides is 1. The summed E-state index contributed by atoms with van der Waals surface area (Å²) in [4.78, 5) is 29.8. The summed E-state index contributed by atoms with van der Waals surface area (Å²) >= 11 is 0. The fraction of sp³-hybridized carbons (Fsp3) is 0.346. The number of benzene rings is 1. The van der Waals surface area contributed by atoms with Gasteiger partial charge < -0.3 is 24.7 Å². The summed E-state index contributed by atoms with van der Waals surface area (Å²) in [6.45, 7) is 4.69. The highest BCUT2D eigenvalue weighted by atomic mass is 32.2. The van der Waals surface area contributed by atoms with Crippen molar-refractivity contribution in [2.75, 3.05) is 43.2 Å². The van der Waals surface area contributed by atoms with E-state index in [-0.39, 0.29) is 18.3 Å². The summed E-state index contributed by atoms with van der Waals surface area (Å²) < 4.78 is 39.3. The van der Waals surface area contributed by atoms with E-state index in [0.717, 1.165) is 15.9 Å². The Balaban J connectivity index is 1.79. The number of rotatable bonds is 12. The third-order valence-electron chi connectivity index (χ3n) is 6.03. The van der Waals surface area contributed by atoms with Crippen molar-refractivity contribution in [3.05, 3.63) is 65.9 Å². The number of hydrogen-bond acceptors (Lipinski definition) is 10. The quantitative estimate of drug-likeness (QED) is 0.244. The third-order valence-corrected chi connectivity index (χ3v) is 7.20. The molecule has 0 radical (unpaired) electrons. The molecular weight excluding hydrogens is 536 g/mol. The van der Waals surface area contributed by atoms with E-state index in [1.54, 1.807) is 37.5 Å². The van der Waals surface area contributed by atoms with Gasteiger partial charge >= 0.3 is 0 Å². The van der Waals surface area contributed by atoms with Crippen molar-refractivity contribution >= 4 is 44.4 Å². The van der Waals surface area contributed by atoms with Gasteiger partial charge in [0.1, 0.15) is 11.3 Å². The van der Waals surface area contributed by atoms with Gasteiger partial charge in [0.15, 0.2) is 12.1 Å². The van der Waals surface area contributed by atoms with Crippen molar-refractivity contribution in [1.29, 1.82) is 0 Å². The van der Waals surface area contributed by atoms with Crippen LogP contribution in [0.3, 0.4) is 0 Å². The normalized spacial score (nSPS) is 11.7. The van der Waals surface area contributed by atoms with E-state index in [2.05, 4.69) is 25.6 Å². The lowest BCUT2D eigenvalue weighted by atomic mass is 10.2. The number of anilines is 3. The molecule has 4 rings (SSSR count). The Morgan fingerprint density at radius 1 is 1.07 bits per heavy atom. The fourth-order valence-corrected chi connectivity index (χ4v) is 4.49. The largest absolute Gasteiger partial charge is 0.355 e. The number of ether oxygens (including phenoxy) is 2. The highest BCUT2D eigenvalue weighted by molar-refractivity contribution is 7.92. The number of aromatic nitrogens is 5. The third kappa shape index (κ3) is 6.35. The molecule has 0 bridgehead atoms. The van der Waals surface area contributed by atoms with Gasteiger partial charge in [-0.1, -0.05) is 0 Å². The molecule has 0 fully saturated rings. The van der Waals surface area contributed by atoms with Crippen LogP contribution in [0.2, 0.25) is 0 Å². The van der Waals surface area contributed by atoms with Gasteiger partial charge in [0.25, 0.3) is 5.91 Å². The smallest absolute Gasteiger partial charge is 0.251 e. The van der Waals surface area contributed by atoms with Crippen LogP contribution in [0.4, 0.5) is 17.5 Å². The second-order valence-corrected chi connectivity index (χ2v) is 10.7. The lowest BCUT2D eigenvalue weighted by Crippen LogP contribution is -2.28. The van der Waals surface area contributed by atoms with E-state index in [0.29, 0.717) is 47.4 Å². The standard InChI is InChI=1S/C26H32N8O5S/c1-6-38-25(39-7-2)21-14-18-15-30-26(31-19-10-8-17(9-11-19)24(35)27-3)32-22(18)34(21)16-20-23(29-13-12-28-20)33(4)40(5,36)37/h8-15,25H,6-7,16H2,1-5H3,(H,27,35)(H,30,31,32). The molecule has 0 saturated heterocycles. The molecule has 0 aliphatic rings. The first kappa shape index (κ1) is 28.9. The molecule has 0 atom stereocenters. The van der Waals surface area contributed by atoms with Crippen LogP contribution in [0, 0.1) is 0 Å². The van der Waals surface area contributed by atoms with Crippen LogP contribution in [0.5, 0.6) is 0 Å². The van der Waals surface area contributed by atoms with Crippen molar-refractivity contribution in [1.82, 2.24) is 29.8 Å². The van der Waals surface area contributed by atoms with Gasteiger partial charge in [0.2, 0.25) is 16.0 Å². The summed E-state index contributed by atoms with van der Waals surface area (Å²) in [6.07, 6.45) is 5.03. The van der Waals surface area contributed by atoms with Crippen LogP contribution >= 0.6 is 0 Å². The summed E-state index contributed by atoms with van der Waals surface area (Å²) in [5.41, 5.74) is 2.85. The molecule has 0 aliphatic carbocycles. The zero-order chi connectivity index (χ0) is 28.9. The molecule has 3 heterocycles. The number of hydrogen-bond donors (Lipinski definition) is 2. The van der Waals surface area contributed by atoms with Crippen LogP contribution in [-0.2, 0) is 26.0 Å². The first-order chi connectivity index (χ1) is 19.2. The number of fused-ring (bicyclic) bond motifs is 1. The molecule has 0 saturated carbocycles. The second-order valence-electron chi connectivity index (χ2n) is 8.71. The highest BCUT2D eigenvalue weighted by Crippen LogP contribution is 2.29. The number of carbonyl (C=O) groups is 1. The van der Waals surface area contributed by atoms with E-state index in [9.17, 15) is 13.2 Å².